The van der Waals surface area contributed by atoms with E-state index in [1.807, 2.05) is 19.9 Å². The second-order valence-electron chi connectivity index (χ2n) is 29.8. The Hall–Kier alpha value is -6.29. The molecule has 8 aromatic rings. The summed E-state index contributed by atoms with van der Waals surface area (Å²) in [7, 11) is -3.01. The molecule has 0 spiro atoms. The summed E-state index contributed by atoms with van der Waals surface area (Å²) in [5, 5.41) is 2.10. The summed E-state index contributed by atoms with van der Waals surface area (Å²) < 4.78 is 58.7. The number of halogens is 4. The molecular formula is C86H122F4OSi2. The van der Waals surface area contributed by atoms with Gasteiger partial charge >= 0.3 is 0 Å². The van der Waals surface area contributed by atoms with E-state index >= 15 is 0 Å². The van der Waals surface area contributed by atoms with Gasteiger partial charge in [0.25, 0.3) is 0 Å². The first-order valence-corrected chi connectivity index (χ1v) is 40.9. The number of benzene rings is 8. The molecule has 0 amide bonds. The van der Waals surface area contributed by atoms with Crippen LogP contribution in [-0.4, -0.2) is 22.8 Å². The first kappa shape index (κ1) is 82.8. The highest BCUT2D eigenvalue weighted by Crippen LogP contribution is 2.33. The summed E-state index contributed by atoms with van der Waals surface area (Å²) in [6.07, 6.45) is 0. The van der Waals surface area contributed by atoms with Gasteiger partial charge in [-0.15, -0.1) is 0 Å². The zero-order valence-corrected chi connectivity index (χ0v) is 65.0. The minimum atomic E-state index is -1.63. The average molecular weight is 1300 g/mol. The third-order valence-electron chi connectivity index (χ3n) is 16.6. The quantitative estimate of drug-likeness (QED) is 0.103. The van der Waals surface area contributed by atoms with Crippen molar-refractivity contribution in [1.82, 2.24) is 0 Å². The van der Waals surface area contributed by atoms with Crippen LogP contribution < -0.4 is 15.1 Å². The van der Waals surface area contributed by atoms with Crippen LogP contribution in [0.5, 0.6) is 5.75 Å². The summed E-state index contributed by atoms with van der Waals surface area (Å²) in [5.74, 6) is 3.48. The van der Waals surface area contributed by atoms with Crippen LogP contribution >= 0.6 is 0 Å². The maximum Gasteiger partial charge on any atom is 0.161 e. The Bertz CT molecular complexity index is 3330. The Balaban J connectivity index is 0.000000364. The number of fused-ring (bicyclic) bond motifs is 1. The van der Waals surface area contributed by atoms with Crippen molar-refractivity contribution in [2.24, 2.45) is 0 Å². The lowest BCUT2D eigenvalue weighted by Crippen LogP contribution is -2.49. The Labute approximate surface area is 567 Å². The lowest BCUT2D eigenvalue weighted by Gasteiger charge is -2.33. The van der Waals surface area contributed by atoms with Crippen molar-refractivity contribution in [2.75, 3.05) is 6.61 Å². The standard InChI is InChI=1S/C13H19FOSi.C12H19FSi.C11H16.C10H12F2.4C10H14/c1-9(2)10-5-6-11(14)13-12(10)15-7-8-16(13,3)4;1-9(2)10-6-11(13)8-12(7-10)14(3,4)5;1-8(2)11-6-9(3)5-10(4)7-11;1-6(2)8-4-7(3)10(12)9(11)5-8;2*1-8(2)10-6-4-9(3)5-7-10;2*1-8(2)10-6-4-5-9(3)7-10/h5-6,9H,7-8H2,1-4H3;6-9H,1-5H3;5-8H,1-4H3;4-6H,1-3H3;4*4-8H,1-3H3. The van der Waals surface area contributed by atoms with E-state index in [0.717, 1.165) is 40.3 Å². The molecule has 1 nitrogen and oxygen atoms in total. The van der Waals surface area contributed by atoms with Crippen molar-refractivity contribution in [1.29, 1.82) is 0 Å². The normalized spacial score (nSPS) is 12.1. The molecule has 0 unspecified atom stereocenters. The second kappa shape index (κ2) is 39.5. The Kier molecular flexibility index (Phi) is 35.2. The second-order valence-corrected chi connectivity index (χ2v) is 39.6. The van der Waals surface area contributed by atoms with E-state index in [1.165, 1.54) is 72.5 Å². The molecule has 1 aliphatic rings. The molecule has 1 heterocycles. The molecule has 0 aromatic heterocycles. The molecule has 0 saturated heterocycles. The van der Waals surface area contributed by atoms with E-state index in [9.17, 15) is 17.6 Å². The summed E-state index contributed by atoms with van der Waals surface area (Å²) >= 11 is 0. The largest absolute Gasteiger partial charge is 0.494 e. The molecule has 0 atom stereocenters. The molecule has 9 rings (SSSR count). The van der Waals surface area contributed by atoms with Crippen LogP contribution in [0.15, 0.2) is 158 Å². The van der Waals surface area contributed by atoms with Gasteiger partial charge < -0.3 is 4.74 Å². The van der Waals surface area contributed by atoms with E-state index in [1.54, 1.807) is 31.2 Å². The van der Waals surface area contributed by atoms with Crippen LogP contribution in [0.1, 0.15) is 242 Å². The minimum Gasteiger partial charge on any atom is -0.494 e. The fourth-order valence-electron chi connectivity index (χ4n) is 10.1. The zero-order valence-electron chi connectivity index (χ0n) is 63.0. The van der Waals surface area contributed by atoms with Gasteiger partial charge in [-0.25, -0.2) is 17.6 Å². The monoisotopic (exact) mass is 1300 g/mol. The van der Waals surface area contributed by atoms with Gasteiger partial charge in [0.05, 0.1) is 22.8 Å². The van der Waals surface area contributed by atoms with Crippen molar-refractivity contribution in [3.8, 4) is 5.75 Å². The van der Waals surface area contributed by atoms with Gasteiger partial charge in [0.2, 0.25) is 0 Å². The van der Waals surface area contributed by atoms with Gasteiger partial charge in [-0.3, -0.25) is 0 Å². The molecule has 0 N–H and O–H groups in total. The van der Waals surface area contributed by atoms with Crippen molar-refractivity contribution in [3.63, 3.8) is 0 Å². The molecular weight excluding hydrogens is 1180 g/mol. The summed E-state index contributed by atoms with van der Waals surface area (Å²) in [6, 6.07) is 54.4. The number of hydrogen-bond donors (Lipinski definition) is 0. The number of hydrogen-bond acceptors (Lipinski definition) is 1. The van der Waals surface area contributed by atoms with Crippen LogP contribution in [-0.2, 0) is 0 Å². The SMILES string of the molecule is CC(C)c1cc(F)cc([Si](C)(C)C)c1.CC(C)c1ccc(F)c2c1OCC[Si]2(C)C.Cc1cc(C(C)C)cc(F)c1F.Cc1cc(C)cc(C(C)C)c1.Cc1ccc(C(C)C)cc1.Cc1ccc(C(C)C)cc1.Cc1cccc(C(C)C)c1.Cc1cccc(C(C)C)c1. The molecule has 508 valence electrons. The molecule has 0 fully saturated rings. The Morgan fingerprint density at radius 1 is 0.355 bits per heavy atom. The van der Waals surface area contributed by atoms with Crippen LogP contribution in [0.4, 0.5) is 17.6 Å². The molecule has 8 aromatic carbocycles. The van der Waals surface area contributed by atoms with Crippen molar-refractivity contribution < 1.29 is 22.3 Å². The lowest BCUT2D eigenvalue weighted by atomic mass is 9.99. The number of ether oxygens (including phenoxy) is 1. The first-order chi connectivity index (χ1) is 43.1. The summed E-state index contributed by atoms with van der Waals surface area (Å²) in [4.78, 5) is 0. The van der Waals surface area contributed by atoms with Gasteiger partial charge in [-0.2, -0.15) is 0 Å². The predicted octanol–water partition coefficient (Wildman–Crippen LogP) is 26.0. The number of rotatable bonds is 9. The Morgan fingerprint density at radius 2 is 0.742 bits per heavy atom. The van der Waals surface area contributed by atoms with Crippen LogP contribution in [0.2, 0.25) is 38.8 Å². The molecule has 0 bridgehead atoms. The molecule has 0 saturated carbocycles. The molecule has 0 radical (unpaired) electrons. The van der Waals surface area contributed by atoms with E-state index < -0.39 is 27.8 Å². The lowest BCUT2D eigenvalue weighted by molar-refractivity contribution is 0.328. The first-order valence-electron chi connectivity index (χ1n) is 34.2. The van der Waals surface area contributed by atoms with Crippen LogP contribution in [0.25, 0.3) is 0 Å². The van der Waals surface area contributed by atoms with Crippen molar-refractivity contribution in [2.45, 2.75) is 245 Å². The van der Waals surface area contributed by atoms with Gasteiger partial charge in [-0.05, 0) is 176 Å². The maximum absolute atomic E-state index is 14.0. The Morgan fingerprint density at radius 3 is 1.10 bits per heavy atom. The predicted molar refractivity (Wildman–Crippen MR) is 408 cm³/mol. The van der Waals surface area contributed by atoms with E-state index in [-0.39, 0.29) is 17.6 Å². The van der Waals surface area contributed by atoms with Gasteiger partial charge in [0.1, 0.15) is 17.4 Å². The maximum atomic E-state index is 14.0. The van der Waals surface area contributed by atoms with E-state index in [0.29, 0.717) is 47.0 Å². The fourth-order valence-corrected chi connectivity index (χ4v) is 13.7. The molecule has 93 heavy (non-hydrogen) atoms. The van der Waals surface area contributed by atoms with Crippen LogP contribution in [0, 0.1) is 71.7 Å². The van der Waals surface area contributed by atoms with E-state index in [4.69, 9.17) is 4.74 Å². The highest BCUT2D eigenvalue weighted by Gasteiger charge is 2.35. The highest BCUT2D eigenvalue weighted by molar-refractivity contribution is 6.90. The van der Waals surface area contributed by atoms with Gasteiger partial charge in [0, 0.05) is 5.19 Å². The fraction of sp³-hybridized carbons (Fsp3) is 0.442. The average Bonchev–Trinajstić information content (AvgIpc) is 0.798. The summed E-state index contributed by atoms with van der Waals surface area (Å²) in [5.41, 5.74) is 18.7. The third kappa shape index (κ3) is 29.9. The van der Waals surface area contributed by atoms with Crippen molar-refractivity contribution in [3.05, 3.63) is 264 Å². The molecule has 7 heteroatoms. The topological polar surface area (TPSA) is 9.23 Å². The highest BCUT2D eigenvalue weighted by atomic mass is 28.3. The van der Waals surface area contributed by atoms with Crippen LogP contribution in [0.3, 0.4) is 0 Å². The zero-order chi connectivity index (χ0) is 70.8. The molecule has 1 aliphatic heterocycles. The van der Waals surface area contributed by atoms with Gasteiger partial charge in [-0.1, -0.05) is 316 Å². The minimum absolute atomic E-state index is 0.0734. The van der Waals surface area contributed by atoms with Crippen molar-refractivity contribution >= 4 is 26.5 Å². The van der Waals surface area contributed by atoms with E-state index in [2.05, 4.69) is 293 Å². The smallest absolute Gasteiger partial charge is 0.161 e. The third-order valence-corrected chi connectivity index (χ3v) is 21.9. The molecule has 0 aliphatic carbocycles. The summed E-state index contributed by atoms with van der Waals surface area (Å²) in [6.45, 7) is 60.8. The van der Waals surface area contributed by atoms with Gasteiger partial charge in [0.15, 0.2) is 11.6 Å². The number of aryl methyl sites for hydroxylation is 7.